The number of epoxide rings is 1. The largest absolute Gasteiger partial charge is 0.463 e. The first-order valence-electron chi connectivity index (χ1n) is 8.78. The molecule has 0 radical (unpaired) electrons. The van der Waals surface area contributed by atoms with Crippen molar-refractivity contribution in [2.45, 2.75) is 70.6 Å². The molecule has 3 atom stereocenters. The van der Waals surface area contributed by atoms with Gasteiger partial charge in [0, 0.05) is 19.1 Å². The Morgan fingerprint density at radius 3 is 2.48 bits per heavy atom. The molecular formula is C18H34O6Si. The molecule has 0 spiro atoms. The molecule has 1 aliphatic rings. The van der Waals surface area contributed by atoms with E-state index in [4.69, 9.17) is 23.4 Å². The first-order valence-corrected chi connectivity index (χ1v) is 11.7. The maximum atomic E-state index is 11.8. The van der Waals surface area contributed by atoms with Gasteiger partial charge in [0.2, 0.25) is 0 Å². The lowest BCUT2D eigenvalue weighted by atomic mass is 10.1. The highest BCUT2D eigenvalue weighted by Crippen LogP contribution is 2.38. The predicted octanol–water partition coefficient (Wildman–Crippen LogP) is 3.27. The number of methoxy groups -OCH3 is 1. The number of carbonyl (C=O) groups is 1. The van der Waals surface area contributed by atoms with Gasteiger partial charge in [0.05, 0.1) is 19.3 Å². The first-order chi connectivity index (χ1) is 11.5. The Morgan fingerprint density at radius 2 is 1.96 bits per heavy atom. The van der Waals surface area contributed by atoms with E-state index >= 15 is 0 Å². The lowest BCUT2D eigenvalue weighted by Gasteiger charge is -2.36. The summed E-state index contributed by atoms with van der Waals surface area (Å²) in [6.45, 7) is 17.6. The van der Waals surface area contributed by atoms with Gasteiger partial charge < -0.3 is 23.4 Å². The molecule has 1 unspecified atom stereocenters. The Balaban J connectivity index is 2.56. The third kappa shape index (κ3) is 6.82. The van der Waals surface area contributed by atoms with Gasteiger partial charge in [0.15, 0.2) is 8.32 Å². The second-order valence-corrected chi connectivity index (χ2v) is 12.7. The zero-order valence-electron chi connectivity index (χ0n) is 16.7. The van der Waals surface area contributed by atoms with Crippen LogP contribution in [0.5, 0.6) is 0 Å². The maximum Gasteiger partial charge on any atom is 0.333 e. The van der Waals surface area contributed by atoms with Crippen LogP contribution in [0.4, 0.5) is 0 Å². The van der Waals surface area contributed by atoms with Crippen LogP contribution in [0, 0.1) is 0 Å². The molecule has 0 saturated carbocycles. The molecule has 146 valence electrons. The fourth-order valence-electron chi connectivity index (χ4n) is 2.11. The monoisotopic (exact) mass is 374 g/mol. The molecule has 0 N–H and O–H groups in total. The third-order valence-corrected chi connectivity index (χ3v) is 9.32. The van der Waals surface area contributed by atoms with E-state index in [1.807, 2.05) is 0 Å². The van der Waals surface area contributed by atoms with Crippen LogP contribution in [0.1, 0.15) is 34.1 Å². The van der Waals surface area contributed by atoms with E-state index in [0.717, 1.165) is 0 Å². The predicted molar refractivity (Wildman–Crippen MR) is 98.9 cm³/mol. The Labute approximate surface area is 152 Å². The Kier molecular flexibility index (Phi) is 8.28. The van der Waals surface area contributed by atoms with Gasteiger partial charge in [-0.1, -0.05) is 27.4 Å². The normalized spacial score (nSPS) is 21.7. The summed E-state index contributed by atoms with van der Waals surface area (Å²) in [7, 11) is -0.257. The minimum atomic E-state index is -1.82. The third-order valence-electron chi connectivity index (χ3n) is 4.81. The summed E-state index contributed by atoms with van der Waals surface area (Å²) in [6.07, 6.45) is -0.0920. The van der Waals surface area contributed by atoms with Crippen molar-refractivity contribution in [2.75, 3.05) is 27.1 Å². The fraction of sp³-hybridized carbons (Fsp3) is 0.833. The van der Waals surface area contributed by atoms with Gasteiger partial charge in [-0.15, -0.1) is 0 Å². The second kappa shape index (κ2) is 9.28. The van der Waals surface area contributed by atoms with Crippen molar-refractivity contribution in [2.24, 2.45) is 0 Å². The summed E-state index contributed by atoms with van der Waals surface area (Å²) in [4.78, 5) is 11.8. The van der Waals surface area contributed by atoms with Crippen LogP contribution in [-0.2, 0) is 28.2 Å². The van der Waals surface area contributed by atoms with Crippen molar-refractivity contribution >= 4 is 14.3 Å². The molecule has 1 fully saturated rings. The number of hydrogen-bond donors (Lipinski definition) is 0. The molecule has 1 rings (SSSR count). The van der Waals surface area contributed by atoms with Crippen molar-refractivity contribution in [3.8, 4) is 0 Å². The van der Waals surface area contributed by atoms with E-state index in [2.05, 4.69) is 40.4 Å². The molecule has 1 heterocycles. The number of ether oxygens (including phenoxy) is 4. The minimum Gasteiger partial charge on any atom is -0.463 e. The molecule has 1 aliphatic heterocycles. The molecule has 0 amide bonds. The molecule has 0 aromatic rings. The highest BCUT2D eigenvalue weighted by Gasteiger charge is 2.48. The molecule has 6 nitrogen and oxygen atoms in total. The van der Waals surface area contributed by atoms with Gasteiger partial charge in [-0.3, -0.25) is 0 Å². The van der Waals surface area contributed by atoms with Crippen LogP contribution in [-0.4, -0.2) is 59.7 Å². The Bertz CT molecular complexity index is 457. The molecule has 0 aromatic carbocycles. The molecule has 0 bridgehead atoms. The fourth-order valence-corrected chi connectivity index (χ4v) is 3.12. The quantitative estimate of drug-likeness (QED) is 0.182. The lowest BCUT2D eigenvalue weighted by molar-refractivity contribution is -0.139. The minimum absolute atomic E-state index is 0.0222. The average molecular weight is 375 g/mol. The zero-order valence-corrected chi connectivity index (χ0v) is 17.7. The van der Waals surface area contributed by atoms with Crippen LogP contribution in [0.2, 0.25) is 18.1 Å². The van der Waals surface area contributed by atoms with Gasteiger partial charge in [0.25, 0.3) is 0 Å². The van der Waals surface area contributed by atoms with E-state index in [9.17, 15) is 4.79 Å². The van der Waals surface area contributed by atoms with E-state index in [1.54, 1.807) is 14.0 Å². The van der Waals surface area contributed by atoms with Crippen LogP contribution in [0.3, 0.4) is 0 Å². The maximum absolute atomic E-state index is 11.8. The van der Waals surface area contributed by atoms with Crippen molar-refractivity contribution in [1.82, 2.24) is 0 Å². The molecule has 25 heavy (non-hydrogen) atoms. The van der Waals surface area contributed by atoms with Gasteiger partial charge in [-0.05, 0) is 25.1 Å². The van der Waals surface area contributed by atoms with Crippen molar-refractivity contribution in [1.29, 1.82) is 0 Å². The lowest BCUT2D eigenvalue weighted by Crippen LogP contribution is -2.42. The number of esters is 1. The van der Waals surface area contributed by atoms with Crippen LogP contribution < -0.4 is 0 Å². The number of rotatable bonds is 11. The van der Waals surface area contributed by atoms with Crippen LogP contribution in [0.15, 0.2) is 12.2 Å². The van der Waals surface area contributed by atoms with E-state index in [0.29, 0.717) is 25.2 Å². The van der Waals surface area contributed by atoms with Crippen LogP contribution in [0.25, 0.3) is 0 Å². The highest BCUT2D eigenvalue weighted by molar-refractivity contribution is 6.74. The molecule has 7 heteroatoms. The summed E-state index contributed by atoms with van der Waals surface area (Å²) >= 11 is 0. The molecule has 0 aromatic heterocycles. The molecule has 1 saturated heterocycles. The SMILES string of the molecule is C=C(CC(OCOC)[C@@H]1O[C@@H]1CO[Si](C)(C)C(C)(C)C)C(=O)OCC. The molecule has 0 aliphatic carbocycles. The van der Waals surface area contributed by atoms with Crippen molar-refractivity contribution in [3.05, 3.63) is 12.2 Å². The van der Waals surface area contributed by atoms with Gasteiger partial charge >= 0.3 is 5.97 Å². The second-order valence-electron chi connectivity index (χ2n) is 7.85. The first kappa shape index (κ1) is 22.3. The topological polar surface area (TPSA) is 66.5 Å². The average Bonchev–Trinajstić information content (AvgIpc) is 3.28. The smallest absolute Gasteiger partial charge is 0.333 e. The summed E-state index contributed by atoms with van der Waals surface area (Å²) in [5.41, 5.74) is 0.377. The van der Waals surface area contributed by atoms with E-state index < -0.39 is 14.3 Å². The van der Waals surface area contributed by atoms with Crippen LogP contribution >= 0.6 is 0 Å². The van der Waals surface area contributed by atoms with Gasteiger partial charge in [0.1, 0.15) is 19.0 Å². The number of hydrogen-bond acceptors (Lipinski definition) is 6. The summed E-state index contributed by atoms with van der Waals surface area (Å²) in [6, 6.07) is 0. The standard InChI is InChI=1S/C18H34O6Si/c1-9-21-17(19)13(2)10-14(22-12-20-6)16-15(24-16)11-23-25(7,8)18(3,4)5/h14-16H,2,9-12H2,1,3-8H3/t14?,15-,16+/m1/s1. The Hall–Kier alpha value is -0.733. The van der Waals surface area contributed by atoms with Crippen molar-refractivity contribution < 1.29 is 28.2 Å². The van der Waals surface area contributed by atoms with Gasteiger partial charge in [-0.25, -0.2) is 4.79 Å². The summed E-state index contributed by atoms with van der Waals surface area (Å²) in [5.74, 6) is -0.400. The molecular weight excluding hydrogens is 340 g/mol. The summed E-state index contributed by atoms with van der Waals surface area (Å²) < 4.78 is 27.6. The highest BCUT2D eigenvalue weighted by atomic mass is 28.4. The summed E-state index contributed by atoms with van der Waals surface area (Å²) in [5, 5.41) is 0.154. The van der Waals surface area contributed by atoms with Gasteiger partial charge in [-0.2, -0.15) is 0 Å². The number of carbonyl (C=O) groups excluding carboxylic acids is 1. The van der Waals surface area contributed by atoms with E-state index in [-0.39, 0.29) is 30.1 Å². The van der Waals surface area contributed by atoms with Crippen molar-refractivity contribution in [3.63, 3.8) is 0 Å². The van der Waals surface area contributed by atoms with E-state index in [1.165, 1.54) is 0 Å². The zero-order chi connectivity index (χ0) is 19.3. The Morgan fingerprint density at radius 1 is 1.32 bits per heavy atom.